The van der Waals surface area contributed by atoms with Crippen molar-refractivity contribution in [3.05, 3.63) is 35.2 Å². The number of aryl methyl sites for hydroxylation is 2. The summed E-state index contributed by atoms with van der Waals surface area (Å²) in [6, 6.07) is 4.00. The van der Waals surface area contributed by atoms with Gasteiger partial charge in [-0.25, -0.2) is 9.97 Å². The van der Waals surface area contributed by atoms with E-state index in [0.29, 0.717) is 30.5 Å². The van der Waals surface area contributed by atoms with Gasteiger partial charge in [-0.15, -0.1) is 0 Å². The minimum Gasteiger partial charge on any atom is -0.352 e. The average molecular weight is 364 g/mol. The Kier molecular flexibility index (Phi) is 5.19. The Morgan fingerprint density at radius 1 is 1.19 bits per heavy atom. The number of carbonyl (C=O) groups is 1. The first kappa shape index (κ1) is 18.1. The van der Waals surface area contributed by atoms with Gasteiger partial charge in [-0.05, 0) is 49.8 Å². The Morgan fingerprint density at radius 3 is 2.78 bits per heavy atom. The SMILES string of the molecule is Cc1ccnc(-c2nc3c(c(N(C)CC(=O)CC4CCCC4)n2)CCC3)c1. The van der Waals surface area contributed by atoms with Crippen LogP contribution < -0.4 is 4.90 Å². The van der Waals surface area contributed by atoms with E-state index in [-0.39, 0.29) is 0 Å². The molecule has 5 nitrogen and oxygen atoms in total. The van der Waals surface area contributed by atoms with Gasteiger partial charge in [-0.1, -0.05) is 25.7 Å². The highest BCUT2D eigenvalue weighted by molar-refractivity contribution is 5.83. The lowest BCUT2D eigenvalue weighted by Gasteiger charge is -2.21. The number of ketones is 1. The van der Waals surface area contributed by atoms with Gasteiger partial charge in [-0.3, -0.25) is 9.78 Å². The van der Waals surface area contributed by atoms with Crippen molar-refractivity contribution in [2.24, 2.45) is 5.92 Å². The van der Waals surface area contributed by atoms with Gasteiger partial charge in [0.2, 0.25) is 0 Å². The van der Waals surface area contributed by atoms with Crippen LogP contribution in [0.1, 0.15) is 55.3 Å². The Labute approximate surface area is 161 Å². The Bertz CT molecular complexity index is 842. The van der Waals surface area contributed by atoms with Gasteiger partial charge in [0.25, 0.3) is 0 Å². The molecule has 2 aromatic rings. The van der Waals surface area contributed by atoms with Crippen LogP contribution in [-0.2, 0) is 17.6 Å². The first-order chi connectivity index (χ1) is 13.1. The molecule has 2 aromatic heterocycles. The lowest BCUT2D eigenvalue weighted by atomic mass is 10.0. The third-order valence-electron chi connectivity index (χ3n) is 5.82. The minimum atomic E-state index is 0.324. The van der Waals surface area contributed by atoms with Gasteiger partial charge in [0, 0.05) is 30.9 Å². The van der Waals surface area contributed by atoms with E-state index in [4.69, 9.17) is 9.97 Å². The number of nitrogens with zero attached hydrogens (tertiary/aromatic N) is 4. The first-order valence-electron chi connectivity index (χ1n) is 10.2. The third-order valence-corrected chi connectivity index (χ3v) is 5.82. The van der Waals surface area contributed by atoms with Crippen molar-refractivity contribution >= 4 is 11.6 Å². The maximum absolute atomic E-state index is 12.6. The van der Waals surface area contributed by atoms with Crippen molar-refractivity contribution in [2.45, 2.75) is 58.3 Å². The summed E-state index contributed by atoms with van der Waals surface area (Å²) in [4.78, 5) is 28.7. The maximum atomic E-state index is 12.6. The standard InChI is InChI=1S/C22H28N4O/c1-15-10-11-23-20(12-15)21-24-19-9-5-8-18(19)22(25-21)26(2)14-17(27)13-16-6-3-4-7-16/h10-12,16H,3-9,13-14H2,1-2H3. The van der Waals surface area contributed by atoms with Crippen LogP contribution in [-0.4, -0.2) is 34.3 Å². The summed E-state index contributed by atoms with van der Waals surface area (Å²) in [5, 5.41) is 0. The second kappa shape index (κ2) is 7.75. The monoisotopic (exact) mass is 364 g/mol. The van der Waals surface area contributed by atoms with Crippen molar-refractivity contribution < 1.29 is 4.79 Å². The van der Waals surface area contributed by atoms with E-state index in [2.05, 4.69) is 4.98 Å². The first-order valence-corrected chi connectivity index (χ1v) is 10.2. The average Bonchev–Trinajstić information content (AvgIpc) is 3.32. The third kappa shape index (κ3) is 4.02. The van der Waals surface area contributed by atoms with Crippen molar-refractivity contribution in [3.63, 3.8) is 0 Å². The van der Waals surface area contributed by atoms with Crippen LogP contribution in [0, 0.1) is 12.8 Å². The lowest BCUT2D eigenvalue weighted by Crippen LogP contribution is -2.28. The Balaban J connectivity index is 1.58. The molecule has 1 saturated carbocycles. The van der Waals surface area contributed by atoms with E-state index in [1.165, 1.54) is 31.2 Å². The molecule has 2 aliphatic rings. The number of likely N-dealkylation sites (N-methyl/N-ethyl adjacent to an activating group) is 1. The number of rotatable bonds is 6. The Hall–Kier alpha value is -2.30. The van der Waals surface area contributed by atoms with E-state index in [9.17, 15) is 4.79 Å². The maximum Gasteiger partial charge on any atom is 0.180 e. The zero-order valence-electron chi connectivity index (χ0n) is 16.4. The van der Waals surface area contributed by atoms with Gasteiger partial charge in [0.15, 0.2) is 11.6 Å². The number of aromatic nitrogens is 3. The van der Waals surface area contributed by atoms with Crippen LogP contribution in [0.2, 0.25) is 0 Å². The summed E-state index contributed by atoms with van der Waals surface area (Å²) in [6.07, 6.45) is 10.6. The van der Waals surface area contributed by atoms with Crippen LogP contribution in [0.15, 0.2) is 18.3 Å². The fraction of sp³-hybridized carbons (Fsp3) is 0.545. The zero-order chi connectivity index (χ0) is 18.8. The van der Waals surface area contributed by atoms with E-state index < -0.39 is 0 Å². The molecule has 0 bridgehead atoms. The molecule has 142 valence electrons. The second-order valence-electron chi connectivity index (χ2n) is 8.12. The van der Waals surface area contributed by atoms with Crippen molar-refractivity contribution in [1.82, 2.24) is 15.0 Å². The topological polar surface area (TPSA) is 59.0 Å². The van der Waals surface area contributed by atoms with Crippen LogP contribution in [0.4, 0.5) is 5.82 Å². The predicted molar refractivity (Wildman–Crippen MR) is 107 cm³/mol. The number of pyridine rings is 1. The summed E-state index contributed by atoms with van der Waals surface area (Å²) in [6.45, 7) is 2.48. The quantitative estimate of drug-likeness (QED) is 0.777. The summed E-state index contributed by atoms with van der Waals surface area (Å²) in [5.41, 5.74) is 4.28. The second-order valence-corrected chi connectivity index (χ2v) is 8.12. The largest absolute Gasteiger partial charge is 0.352 e. The molecule has 2 heterocycles. The molecular formula is C22H28N4O. The molecule has 0 aromatic carbocycles. The highest BCUT2D eigenvalue weighted by atomic mass is 16.1. The van der Waals surface area contributed by atoms with Crippen molar-refractivity contribution in [1.29, 1.82) is 0 Å². The normalized spacial score (nSPS) is 16.5. The van der Waals surface area contributed by atoms with Crippen LogP contribution in [0.25, 0.3) is 11.5 Å². The highest BCUT2D eigenvalue weighted by Gasteiger charge is 2.24. The van der Waals surface area contributed by atoms with Gasteiger partial charge in [-0.2, -0.15) is 0 Å². The van der Waals surface area contributed by atoms with Gasteiger partial charge in [0.05, 0.1) is 6.54 Å². The summed E-state index contributed by atoms with van der Waals surface area (Å²) < 4.78 is 0. The van der Waals surface area contributed by atoms with Crippen molar-refractivity contribution in [2.75, 3.05) is 18.5 Å². The van der Waals surface area contributed by atoms with Crippen molar-refractivity contribution in [3.8, 4) is 11.5 Å². The zero-order valence-corrected chi connectivity index (χ0v) is 16.4. The van der Waals surface area contributed by atoms with E-state index in [1.807, 2.05) is 31.0 Å². The van der Waals surface area contributed by atoms with Crippen LogP contribution in [0.5, 0.6) is 0 Å². The van der Waals surface area contributed by atoms with Crippen LogP contribution >= 0.6 is 0 Å². The molecular weight excluding hydrogens is 336 g/mol. The molecule has 4 rings (SSSR count). The molecule has 0 saturated heterocycles. The lowest BCUT2D eigenvalue weighted by molar-refractivity contribution is -0.118. The fourth-order valence-electron chi connectivity index (χ4n) is 4.44. The number of anilines is 1. The minimum absolute atomic E-state index is 0.324. The van der Waals surface area contributed by atoms with Crippen LogP contribution in [0.3, 0.4) is 0 Å². The number of Topliss-reactive ketones (excluding diaryl/α,β-unsaturated/α-hetero) is 1. The number of fused-ring (bicyclic) bond motifs is 1. The molecule has 0 aliphatic heterocycles. The molecule has 0 radical (unpaired) electrons. The summed E-state index contributed by atoms with van der Waals surface area (Å²) >= 11 is 0. The molecule has 0 atom stereocenters. The smallest absolute Gasteiger partial charge is 0.180 e. The van der Waals surface area contributed by atoms with Gasteiger partial charge < -0.3 is 4.90 Å². The predicted octanol–water partition coefficient (Wildman–Crippen LogP) is 3.92. The fourth-order valence-corrected chi connectivity index (χ4v) is 4.44. The van der Waals surface area contributed by atoms with Gasteiger partial charge >= 0.3 is 0 Å². The molecule has 1 fully saturated rings. The summed E-state index contributed by atoms with van der Waals surface area (Å²) in [5.74, 6) is 2.50. The van der Waals surface area contributed by atoms with Gasteiger partial charge in [0.1, 0.15) is 11.5 Å². The molecule has 0 amide bonds. The number of hydrogen-bond acceptors (Lipinski definition) is 5. The number of hydrogen-bond donors (Lipinski definition) is 0. The number of carbonyl (C=O) groups excluding carboxylic acids is 1. The summed E-state index contributed by atoms with van der Waals surface area (Å²) in [7, 11) is 1.99. The molecule has 0 spiro atoms. The molecule has 0 unspecified atom stereocenters. The Morgan fingerprint density at radius 2 is 2.00 bits per heavy atom. The molecule has 0 N–H and O–H groups in total. The molecule has 5 heteroatoms. The molecule has 2 aliphatic carbocycles. The van der Waals surface area contributed by atoms with E-state index in [0.717, 1.165) is 42.0 Å². The highest BCUT2D eigenvalue weighted by Crippen LogP contribution is 2.31. The van der Waals surface area contributed by atoms with E-state index >= 15 is 0 Å². The van der Waals surface area contributed by atoms with E-state index in [1.54, 1.807) is 6.20 Å². The molecule has 27 heavy (non-hydrogen) atoms.